The lowest BCUT2D eigenvalue weighted by atomic mass is 9.92. The van der Waals surface area contributed by atoms with E-state index in [4.69, 9.17) is 69.6 Å². The third-order valence-corrected chi connectivity index (χ3v) is 5.92. The highest BCUT2D eigenvalue weighted by Crippen LogP contribution is 2.53. The fraction of sp³-hybridized carbons (Fsp3) is 0.0769. The zero-order valence-electron chi connectivity index (χ0n) is 9.08. The van der Waals surface area contributed by atoms with E-state index in [1.54, 1.807) is 0 Å². The van der Waals surface area contributed by atoms with Crippen LogP contribution in [0.3, 0.4) is 0 Å². The summed E-state index contributed by atoms with van der Waals surface area (Å²) < 4.78 is 0. The summed E-state index contributed by atoms with van der Waals surface area (Å²) in [5.74, 6) is 0. The molecule has 1 unspecified atom stereocenters. The first-order valence-electron chi connectivity index (χ1n) is 5.23. The van der Waals surface area contributed by atoms with E-state index >= 15 is 0 Å². The molecule has 1 aliphatic carbocycles. The molecule has 2 aromatic rings. The van der Waals surface area contributed by atoms with Crippen molar-refractivity contribution in [1.29, 1.82) is 0 Å². The van der Waals surface area contributed by atoms with Crippen molar-refractivity contribution in [2.24, 2.45) is 0 Å². The molecule has 0 radical (unpaired) electrons. The van der Waals surface area contributed by atoms with Crippen molar-refractivity contribution in [2.45, 2.75) is 5.38 Å². The molecule has 2 aromatic carbocycles. The topological polar surface area (TPSA) is 0 Å². The third kappa shape index (κ3) is 1.89. The van der Waals surface area contributed by atoms with E-state index in [1.807, 2.05) is 18.2 Å². The summed E-state index contributed by atoms with van der Waals surface area (Å²) >= 11 is 37.4. The van der Waals surface area contributed by atoms with Crippen molar-refractivity contribution in [3.63, 3.8) is 0 Å². The summed E-state index contributed by atoms with van der Waals surface area (Å²) in [7, 11) is 0. The molecule has 0 bridgehead atoms. The zero-order chi connectivity index (χ0) is 13.9. The highest BCUT2D eigenvalue weighted by atomic mass is 35.5. The number of hydrogen-bond acceptors (Lipinski definition) is 0. The van der Waals surface area contributed by atoms with Crippen LogP contribution in [0.5, 0.6) is 0 Å². The first-order valence-corrected chi connectivity index (χ1v) is 7.56. The van der Waals surface area contributed by atoms with E-state index in [0.717, 1.165) is 16.3 Å². The standard InChI is InChI=1S/C13H4Cl6/c14-8-4-2-1-3-5-6(4)7(10(16)12(8)18)11(17)13(19)9(5)15/h1-3,8H. The van der Waals surface area contributed by atoms with Gasteiger partial charge in [-0.25, -0.2) is 0 Å². The van der Waals surface area contributed by atoms with Gasteiger partial charge in [-0.1, -0.05) is 76.2 Å². The minimum atomic E-state index is -0.515. The molecule has 1 atom stereocenters. The molecule has 98 valence electrons. The summed E-state index contributed by atoms with van der Waals surface area (Å²) in [4.78, 5) is 0. The van der Waals surface area contributed by atoms with E-state index in [0.29, 0.717) is 25.7 Å². The van der Waals surface area contributed by atoms with Crippen molar-refractivity contribution >= 4 is 85.4 Å². The predicted octanol–water partition coefficient (Wildman–Crippen LogP) is 7.24. The molecular formula is C13H4Cl6. The lowest BCUT2D eigenvalue weighted by Crippen LogP contribution is -2.03. The molecule has 0 saturated carbocycles. The number of halogens is 6. The highest BCUT2D eigenvalue weighted by molar-refractivity contribution is 6.61. The maximum absolute atomic E-state index is 6.31. The van der Waals surface area contributed by atoms with Crippen LogP contribution in [0.15, 0.2) is 23.2 Å². The van der Waals surface area contributed by atoms with E-state index in [9.17, 15) is 0 Å². The van der Waals surface area contributed by atoms with Crippen LogP contribution >= 0.6 is 69.6 Å². The molecule has 1 aliphatic rings. The lowest BCUT2D eigenvalue weighted by Gasteiger charge is -2.24. The van der Waals surface area contributed by atoms with Crippen LogP contribution in [-0.2, 0) is 0 Å². The average molecular weight is 373 g/mol. The van der Waals surface area contributed by atoms with Crippen LogP contribution in [0.2, 0.25) is 15.1 Å². The highest BCUT2D eigenvalue weighted by Gasteiger charge is 2.30. The van der Waals surface area contributed by atoms with Gasteiger partial charge >= 0.3 is 0 Å². The van der Waals surface area contributed by atoms with Gasteiger partial charge in [-0.2, -0.15) is 0 Å². The molecule has 19 heavy (non-hydrogen) atoms. The second kappa shape index (κ2) is 4.87. The third-order valence-electron chi connectivity index (χ3n) is 3.11. The van der Waals surface area contributed by atoms with Gasteiger partial charge in [-0.15, -0.1) is 11.6 Å². The van der Waals surface area contributed by atoms with Crippen molar-refractivity contribution in [2.75, 3.05) is 0 Å². The van der Waals surface area contributed by atoms with Crippen molar-refractivity contribution in [3.05, 3.63) is 49.4 Å². The number of alkyl halides is 1. The Morgan fingerprint density at radius 1 is 0.842 bits per heavy atom. The maximum Gasteiger partial charge on any atom is 0.0962 e. The summed E-state index contributed by atoms with van der Waals surface area (Å²) in [6, 6.07) is 5.56. The Balaban J connectivity index is 2.63. The Morgan fingerprint density at radius 2 is 1.53 bits per heavy atom. The number of hydrogen-bond donors (Lipinski definition) is 0. The second-order valence-electron chi connectivity index (χ2n) is 4.11. The van der Waals surface area contributed by atoms with Crippen LogP contribution in [-0.4, -0.2) is 0 Å². The first kappa shape index (κ1) is 14.1. The second-order valence-corrected chi connectivity index (χ2v) is 6.47. The van der Waals surface area contributed by atoms with Gasteiger partial charge in [-0.05, 0) is 10.9 Å². The minimum absolute atomic E-state index is 0.263. The van der Waals surface area contributed by atoms with Crippen molar-refractivity contribution in [1.82, 2.24) is 0 Å². The Kier molecular flexibility index (Phi) is 3.63. The Hall–Kier alpha value is 0.180. The summed E-state index contributed by atoms with van der Waals surface area (Å²) in [5.41, 5.74) is 1.41. The van der Waals surface area contributed by atoms with E-state index in [1.165, 1.54) is 0 Å². The van der Waals surface area contributed by atoms with Gasteiger partial charge < -0.3 is 0 Å². The lowest BCUT2D eigenvalue weighted by molar-refractivity contribution is 1.20. The normalized spacial score (nSPS) is 18.3. The Bertz CT molecular complexity index is 747. The monoisotopic (exact) mass is 370 g/mol. The molecule has 6 heteroatoms. The molecule has 0 amide bonds. The molecule has 0 fully saturated rings. The van der Waals surface area contributed by atoms with Crippen molar-refractivity contribution < 1.29 is 0 Å². The molecule has 0 spiro atoms. The summed E-state index contributed by atoms with van der Waals surface area (Å²) in [6.07, 6.45) is 0. The molecule has 0 aliphatic heterocycles. The first-order chi connectivity index (χ1) is 8.95. The largest absolute Gasteiger partial charge is 0.112 e. The number of benzene rings is 2. The van der Waals surface area contributed by atoms with Crippen molar-refractivity contribution in [3.8, 4) is 0 Å². The van der Waals surface area contributed by atoms with Gasteiger partial charge in [-0.3, -0.25) is 0 Å². The van der Waals surface area contributed by atoms with Crippen LogP contribution in [0, 0.1) is 0 Å². The maximum atomic E-state index is 6.31. The molecule has 0 heterocycles. The summed E-state index contributed by atoms with van der Waals surface area (Å²) in [5, 5.41) is 2.64. The SMILES string of the molecule is ClC1=C(Cl)C(Cl)c2cccc3c(Cl)c(Cl)c(Cl)c1c23. The van der Waals surface area contributed by atoms with E-state index < -0.39 is 5.38 Å². The molecule has 0 N–H and O–H groups in total. The minimum Gasteiger partial charge on any atom is -0.112 e. The Morgan fingerprint density at radius 3 is 2.21 bits per heavy atom. The average Bonchev–Trinajstić information content (AvgIpc) is 2.41. The van der Waals surface area contributed by atoms with Gasteiger partial charge in [0.25, 0.3) is 0 Å². The molecule has 3 rings (SSSR count). The fourth-order valence-corrected chi connectivity index (χ4v) is 3.94. The summed E-state index contributed by atoms with van der Waals surface area (Å²) in [6.45, 7) is 0. The van der Waals surface area contributed by atoms with Crippen LogP contribution in [0.4, 0.5) is 0 Å². The molecule has 0 saturated heterocycles. The zero-order valence-corrected chi connectivity index (χ0v) is 13.6. The number of rotatable bonds is 0. The van der Waals surface area contributed by atoms with Crippen LogP contribution in [0.25, 0.3) is 15.8 Å². The van der Waals surface area contributed by atoms with Gasteiger partial charge in [0.15, 0.2) is 0 Å². The molecule has 0 aromatic heterocycles. The molecule has 0 nitrogen and oxygen atoms in total. The van der Waals surface area contributed by atoms with E-state index in [2.05, 4.69) is 0 Å². The smallest absolute Gasteiger partial charge is 0.0962 e. The fourth-order valence-electron chi connectivity index (χ4n) is 2.25. The molecular weight excluding hydrogens is 369 g/mol. The van der Waals surface area contributed by atoms with Gasteiger partial charge in [0.2, 0.25) is 0 Å². The Labute approximate surface area is 139 Å². The predicted molar refractivity (Wildman–Crippen MR) is 86.2 cm³/mol. The van der Waals surface area contributed by atoms with E-state index in [-0.39, 0.29) is 5.02 Å². The van der Waals surface area contributed by atoms with Gasteiger partial charge in [0.05, 0.1) is 30.5 Å². The van der Waals surface area contributed by atoms with Gasteiger partial charge in [0, 0.05) is 10.9 Å². The quantitative estimate of drug-likeness (QED) is 0.337. The van der Waals surface area contributed by atoms with Crippen LogP contribution in [0.1, 0.15) is 16.5 Å². The van der Waals surface area contributed by atoms with Crippen LogP contribution < -0.4 is 0 Å². The van der Waals surface area contributed by atoms with Gasteiger partial charge in [0.1, 0.15) is 0 Å². The number of allylic oxidation sites excluding steroid dienone is 1.